The average Bonchev–Trinajstić information content (AvgIpc) is 2.76. The van der Waals surface area contributed by atoms with Crippen LogP contribution in [-0.2, 0) is 6.42 Å². The van der Waals surface area contributed by atoms with Crippen molar-refractivity contribution in [2.24, 2.45) is 0 Å². The van der Waals surface area contributed by atoms with Gasteiger partial charge in [0.1, 0.15) is 5.82 Å². The van der Waals surface area contributed by atoms with Gasteiger partial charge in [0, 0.05) is 42.5 Å². The molecule has 0 bridgehead atoms. The first kappa shape index (κ1) is 21.2. The highest BCUT2D eigenvalue weighted by atomic mass is 16.5. The third-order valence-corrected chi connectivity index (χ3v) is 5.16. The van der Waals surface area contributed by atoms with Gasteiger partial charge < -0.3 is 25.8 Å². The molecule has 3 rings (SSSR count). The van der Waals surface area contributed by atoms with Crippen molar-refractivity contribution in [3.63, 3.8) is 0 Å². The van der Waals surface area contributed by atoms with E-state index in [-0.39, 0.29) is 5.95 Å². The Hall–Kier alpha value is -3.48. The van der Waals surface area contributed by atoms with Gasteiger partial charge >= 0.3 is 0 Å². The molecule has 0 fully saturated rings. The number of benzene rings is 2. The van der Waals surface area contributed by atoms with Crippen LogP contribution in [0.3, 0.4) is 0 Å². The standard InChI is InChI=1S/C23H29N5O2/c1-5-28(6-2)18-9-7-16(8-10-18)19-12-15(13-20(29-3)21(19)30-4)11-17-14-26-23(25)27-22(17)24/h7-10,12-14H,5-6,11H2,1-4H3,(H4,24,25,26,27). The van der Waals surface area contributed by atoms with Gasteiger partial charge in [-0.3, -0.25) is 0 Å². The lowest BCUT2D eigenvalue weighted by molar-refractivity contribution is 0.356. The normalized spacial score (nSPS) is 10.7. The number of ether oxygens (including phenoxy) is 2. The Labute approximate surface area is 177 Å². The molecule has 0 aliphatic carbocycles. The Morgan fingerprint density at radius 1 is 0.967 bits per heavy atom. The van der Waals surface area contributed by atoms with E-state index in [0.717, 1.165) is 35.3 Å². The molecule has 2 aromatic carbocycles. The van der Waals surface area contributed by atoms with Gasteiger partial charge in [0.2, 0.25) is 5.95 Å². The molecule has 0 atom stereocenters. The van der Waals surface area contributed by atoms with Crippen molar-refractivity contribution >= 4 is 17.5 Å². The first-order valence-corrected chi connectivity index (χ1v) is 9.97. The molecule has 4 N–H and O–H groups in total. The van der Waals surface area contributed by atoms with Gasteiger partial charge in [-0.15, -0.1) is 0 Å². The Morgan fingerprint density at radius 3 is 2.23 bits per heavy atom. The van der Waals surface area contributed by atoms with Crippen LogP contribution in [0, 0.1) is 0 Å². The summed E-state index contributed by atoms with van der Waals surface area (Å²) in [6.07, 6.45) is 2.21. The summed E-state index contributed by atoms with van der Waals surface area (Å²) >= 11 is 0. The molecule has 0 radical (unpaired) electrons. The smallest absolute Gasteiger partial charge is 0.221 e. The molecular formula is C23H29N5O2. The summed E-state index contributed by atoms with van der Waals surface area (Å²) in [5.41, 5.74) is 16.6. The summed E-state index contributed by atoms with van der Waals surface area (Å²) in [6.45, 7) is 6.24. The van der Waals surface area contributed by atoms with E-state index in [0.29, 0.717) is 23.7 Å². The zero-order valence-corrected chi connectivity index (χ0v) is 18.0. The van der Waals surface area contributed by atoms with Crippen LogP contribution in [0.5, 0.6) is 11.5 Å². The van der Waals surface area contributed by atoms with E-state index in [9.17, 15) is 0 Å². The number of hydrogen-bond donors (Lipinski definition) is 2. The molecule has 7 heteroatoms. The summed E-state index contributed by atoms with van der Waals surface area (Å²) in [5, 5.41) is 0. The van der Waals surface area contributed by atoms with Gasteiger partial charge in [0.25, 0.3) is 0 Å². The van der Waals surface area contributed by atoms with Crippen LogP contribution in [0.4, 0.5) is 17.5 Å². The lowest BCUT2D eigenvalue weighted by atomic mass is 9.97. The third kappa shape index (κ3) is 4.40. The maximum absolute atomic E-state index is 6.02. The van der Waals surface area contributed by atoms with Crippen LogP contribution in [0.1, 0.15) is 25.0 Å². The quantitative estimate of drug-likeness (QED) is 0.586. The Morgan fingerprint density at radius 2 is 1.67 bits per heavy atom. The fourth-order valence-corrected chi connectivity index (χ4v) is 3.57. The summed E-state index contributed by atoms with van der Waals surface area (Å²) < 4.78 is 11.3. The molecule has 0 saturated heterocycles. The lowest BCUT2D eigenvalue weighted by Gasteiger charge is -2.21. The van der Waals surface area contributed by atoms with E-state index in [1.54, 1.807) is 20.4 Å². The fourth-order valence-electron chi connectivity index (χ4n) is 3.57. The topological polar surface area (TPSA) is 99.5 Å². The van der Waals surface area contributed by atoms with E-state index in [2.05, 4.69) is 59.0 Å². The maximum Gasteiger partial charge on any atom is 0.221 e. The molecule has 0 unspecified atom stereocenters. The minimum absolute atomic E-state index is 0.164. The predicted octanol–water partition coefficient (Wildman–Crippen LogP) is 3.76. The summed E-state index contributed by atoms with van der Waals surface area (Å²) in [6, 6.07) is 12.5. The second-order valence-electron chi connectivity index (χ2n) is 6.91. The van der Waals surface area contributed by atoms with Gasteiger partial charge in [-0.1, -0.05) is 12.1 Å². The van der Waals surface area contributed by atoms with Crippen molar-refractivity contribution in [2.45, 2.75) is 20.3 Å². The van der Waals surface area contributed by atoms with Gasteiger partial charge in [-0.05, 0) is 49.2 Å². The van der Waals surface area contributed by atoms with E-state index in [1.165, 1.54) is 5.69 Å². The van der Waals surface area contributed by atoms with E-state index >= 15 is 0 Å². The highest BCUT2D eigenvalue weighted by Crippen LogP contribution is 2.40. The molecule has 0 aliphatic rings. The van der Waals surface area contributed by atoms with Gasteiger partial charge in [0.05, 0.1) is 14.2 Å². The number of methoxy groups -OCH3 is 2. The number of hydrogen-bond acceptors (Lipinski definition) is 7. The Kier molecular flexibility index (Phi) is 6.61. The van der Waals surface area contributed by atoms with Gasteiger partial charge in [0.15, 0.2) is 11.5 Å². The Balaban J connectivity index is 2.03. The first-order chi connectivity index (χ1) is 14.5. The summed E-state index contributed by atoms with van der Waals surface area (Å²) in [4.78, 5) is 10.4. The van der Waals surface area contributed by atoms with Crippen molar-refractivity contribution in [1.29, 1.82) is 0 Å². The maximum atomic E-state index is 6.02. The monoisotopic (exact) mass is 407 g/mol. The van der Waals surface area contributed by atoms with Crippen molar-refractivity contribution in [3.05, 3.63) is 53.7 Å². The van der Waals surface area contributed by atoms with Crippen LogP contribution in [0.15, 0.2) is 42.6 Å². The summed E-state index contributed by atoms with van der Waals surface area (Å²) in [7, 11) is 3.28. The molecular weight excluding hydrogens is 378 g/mol. The number of anilines is 3. The second kappa shape index (κ2) is 9.35. The van der Waals surface area contributed by atoms with Gasteiger partial charge in [-0.25, -0.2) is 4.98 Å². The molecule has 158 valence electrons. The van der Waals surface area contributed by atoms with Crippen LogP contribution >= 0.6 is 0 Å². The molecule has 1 aromatic heterocycles. The third-order valence-electron chi connectivity index (χ3n) is 5.16. The van der Waals surface area contributed by atoms with Crippen molar-refractivity contribution in [3.8, 4) is 22.6 Å². The minimum atomic E-state index is 0.164. The highest BCUT2D eigenvalue weighted by Gasteiger charge is 2.16. The largest absolute Gasteiger partial charge is 0.493 e. The van der Waals surface area contributed by atoms with Crippen LogP contribution in [0.2, 0.25) is 0 Å². The van der Waals surface area contributed by atoms with E-state index < -0.39 is 0 Å². The molecule has 0 saturated carbocycles. The molecule has 3 aromatic rings. The zero-order valence-electron chi connectivity index (χ0n) is 18.0. The first-order valence-electron chi connectivity index (χ1n) is 9.97. The molecule has 1 heterocycles. The van der Waals surface area contributed by atoms with E-state index in [4.69, 9.17) is 20.9 Å². The lowest BCUT2D eigenvalue weighted by Crippen LogP contribution is -2.21. The number of nitrogens with two attached hydrogens (primary N) is 2. The van der Waals surface area contributed by atoms with Crippen LogP contribution < -0.4 is 25.8 Å². The van der Waals surface area contributed by atoms with Crippen LogP contribution in [-0.4, -0.2) is 37.3 Å². The predicted molar refractivity (Wildman–Crippen MR) is 122 cm³/mol. The highest BCUT2D eigenvalue weighted by molar-refractivity contribution is 5.76. The number of rotatable bonds is 8. The zero-order chi connectivity index (χ0) is 21.7. The minimum Gasteiger partial charge on any atom is -0.493 e. The molecule has 0 aliphatic heterocycles. The summed E-state index contributed by atoms with van der Waals surface area (Å²) in [5.74, 6) is 1.89. The number of nitrogens with zero attached hydrogens (tertiary/aromatic N) is 3. The fraction of sp³-hybridized carbons (Fsp3) is 0.304. The number of aromatic nitrogens is 2. The average molecular weight is 408 g/mol. The molecule has 0 amide bonds. The van der Waals surface area contributed by atoms with Crippen molar-refractivity contribution < 1.29 is 9.47 Å². The number of nitrogen functional groups attached to an aromatic ring is 2. The molecule has 7 nitrogen and oxygen atoms in total. The van der Waals surface area contributed by atoms with Gasteiger partial charge in [-0.2, -0.15) is 4.98 Å². The second-order valence-corrected chi connectivity index (χ2v) is 6.91. The van der Waals surface area contributed by atoms with Crippen molar-refractivity contribution in [1.82, 2.24) is 9.97 Å². The molecule has 0 spiro atoms. The van der Waals surface area contributed by atoms with Crippen molar-refractivity contribution in [2.75, 3.05) is 43.7 Å². The Bertz CT molecular complexity index is 1000. The van der Waals surface area contributed by atoms with Crippen LogP contribution in [0.25, 0.3) is 11.1 Å². The SMILES string of the molecule is CCN(CC)c1ccc(-c2cc(Cc3cnc(N)nc3N)cc(OC)c2OC)cc1. The molecule has 30 heavy (non-hydrogen) atoms. The van der Waals surface area contributed by atoms with E-state index in [1.807, 2.05) is 6.07 Å².